The zero-order chi connectivity index (χ0) is 13.4. The standard InChI is InChI=1S/C13H19O4P/c1-4-13(12-10-8-7-9-11-12)17-18(14,15-5-2)16-6-3/h4,7-11,13H,1,5-6H2,2-3H3/t13-/m1/s1. The molecule has 0 unspecified atom stereocenters. The molecule has 0 aliphatic carbocycles. The van der Waals surface area contributed by atoms with Gasteiger partial charge in [-0.2, -0.15) is 0 Å². The minimum Gasteiger partial charge on any atom is -0.287 e. The Labute approximate surface area is 108 Å². The Bertz CT molecular complexity index is 395. The molecular weight excluding hydrogens is 251 g/mol. The van der Waals surface area contributed by atoms with Gasteiger partial charge in [0.15, 0.2) is 0 Å². The van der Waals surface area contributed by atoms with E-state index < -0.39 is 13.9 Å². The van der Waals surface area contributed by atoms with E-state index in [-0.39, 0.29) is 13.2 Å². The Morgan fingerprint density at radius 2 is 1.78 bits per heavy atom. The molecular formula is C13H19O4P. The lowest BCUT2D eigenvalue weighted by Crippen LogP contribution is -2.05. The summed E-state index contributed by atoms with van der Waals surface area (Å²) in [5.74, 6) is 0. The van der Waals surface area contributed by atoms with E-state index in [1.165, 1.54) is 0 Å². The first-order chi connectivity index (χ1) is 8.65. The van der Waals surface area contributed by atoms with E-state index in [2.05, 4.69) is 6.58 Å². The molecule has 0 saturated carbocycles. The predicted octanol–water partition coefficient (Wildman–Crippen LogP) is 4.11. The van der Waals surface area contributed by atoms with Crippen LogP contribution < -0.4 is 0 Å². The molecule has 0 spiro atoms. The van der Waals surface area contributed by atoms with Crippen molar-refractivity contribution in [3.05, 3.63) is 48.6 Å². The van der Waals surface area contributed by atoms with Gasteiger partial charge in [0, 0.05) is 0 Å². The molecule has 0 aliphatic rings. The molecule has 0 bridgehead atoms. The average Bonchev–Trinajstić information content (AvgIpc) is 2.38. The van der Waals surface area contributed by atoms with Crippen molar-refractivity contribution < 1.29 is 18.1 Å². The van der Waals surface area contributed by atoms with Gasteiger partial charge in [0.05, 0.1) is 13.2 Å². The monoisotopic (exact) mass is 270 g/mol. The summed E-state index contributed by atoms with van der Waals surface area (Å²) in [6.45, 7) is 7.68. The van der Waals surface area contributed by atoms with Crippen LogP contribution in [-0.2, 0) is 18.1 Å². The summed E-state index contributed by atoms with van der Waals surface area (Å²) < 4.78 is 27.9. The lowest BCUT2D eigenvalue weighted by molar-refractivity contribution is 0.101. The number of hydrogen-bond donors (Lipinski definition) is 0. The largest absolute Gasteiger partial charge is 0.475 e. The van der Waals surface area contributed by atoms with Gasteiger partial charge in [-0.3, -0.25) is 13.6 Å². The minimum atomic E-state index is -3.53. The molecule has 0 radical (unpaired) electrons. The quantitative estimate of drug-likeness (QED) is 0.526. The summed E-state index contributed by atoms with van der Waals surface area (Å²) >= 11 is 0. The number of phosphoric acid groups is 1. The molecule has 0 N–H and O–H groups in total. The lowest BCUT2D eigenvalue weighted by Gasteiger charge is -2.21. The molecule has 0 fully saturated rings. The van der Waals surface area contributed by atoms with Crippen molar-refractivity contribution in [3.8, 4) is 0 Å². The second-order valence-corrected chi connectivity index (χ2v) is 5.08. The summed E-state index contributed by atoms with van der Waals surface area (Å²) in [6, 6.07) is 9.39. The number of rotatable bonds is 8. The van der Waals surface area contributed by atoms with Gasteiger partial charge in [-0.05, 0) is 19.4 Å². The third-order valence-corrected chi connectivity index (χ3v) is 3.79. The number of phosphoric ester groups is 1. The lowest BCUT2D eigenvalue weighted by atomic mass is 10.1. The second kappa shape index (κ2) is 7.49. The van der Waals surface area contributed by atoms with Crippen LogP contribution in [0.1, 0.15) is 25.5 Å². The van der Waals surface area contributed by atoms with Crippen LogP contribution in [0.5, 0.6) is 0 Å². The summed E-state index contributed by atoms with van der Waals surface area (Å²) in [5.41, 5.74) is 0.854. The van der Waals surface area contributed by atoms with Gasteiger partial charge in [-0.25, -0.2) is 4.57 Å². The van der Waals surface area contributed by atoms with Crippen molar-refractivity contribution in [3.63, 3.8) is 0 Å². The van der Waals surface area contributed by atoms with Crippen LogP contribution in [0.25, 0.3) is 0 Å². The van der Waals surface area contributed by atoms with Crippen LogP contribution in [0.2, 0.25) is 0 Å². The van der Waals surface area contributed by atoms with Gasteiger partial charge in [0.25, 0.3) is 0 Å². The van der Waals surface area contributed by atoms with Crippen molar-refractivity contribution in [2.45, 2.75) is 20.0 Å². The highest BCUT2D eigenvalue weighted by Gasteiger charge is 2.29. The molecule has 0 amide bonds. The fourth-order valence-electron chi connectivity index (χ4n) is 1.44. The second-order valence-electron chi connectivity index (χ2n) is 3.46. The van der Waals surface area contributed by atoms with Crippen molar-refractivity contribution in [1.82, 2.24) is 0 Å². The maximum Gasteiger partial charge on any atom is 0.475 e. The molecule has 1 atom stereocenters. The maximum atomic E-state index is 12.2. The van der Waals surface area contributed by atoms with E-state index in [9.17, 15) is 4.57 Å². The van der Waals surface area contributed by atoms with E-state index in [1.807, 2.05) is 30.3 Å². The smallest absolute Gasteiger partial charge is 0.287 e. The molecule has 0 aromatic heterocycles. The van der Waals surface area contributed by atoms with Crippen LogP contribution in [0, 0.1) is 0 Å². The van der Waals surface area contributed by atoms with Crippen LogP contribution >= 0.6 is 7.82 Å². The Morgan fingerprint density at radius 3 is 2.22 bits per heavy atom. The highest BCUT2D eigenvalue weighted by Crippen LogP contribution is 2.53. The number of benzene rings is 1. The van der Waals surface area contributed by atoms with Crippen LogP contribution in [0.4, 0.5) is 0 Å². The average molecular weight is 270 g/mol. The summed E-state index contributed by atoms with van der Waals surface area (Å²) in [6.07, 6.45) is 1.05. The Kier molecular flexibility index (Phi) is 6.30. The third kappa shape index (κ3) is 4.39. The molecule has 18 heavy (non-hydrogen) atoms. The highest BCUT2D eigenvalue weighted by atomic mass is 31.2. The van der Waals surface area contributed by atoms with Gasteiger partial charge in [0.2, 0.25) is 0 Å². The molecule has 1 aromatic carbocycles. The first kappa shape index (κ1) is 15.1. The van der Waals surface area contributed by atoms with Crippen molar-refractivity contribution in [2.24, 2.45) is 0 Å². The van der Waals surface area contributed by atoms with Crippen LogP contribution in [-0.4, -0.2) is 13.2 Å². The van der Waals surface area contributed by atoms with E-state index in [0.29, 0.717) is 0 Å². The molecule has 4 nitrogen and oxygen atoms in total. The topological polar surface area (TPSA) is 44.8 Å². The summed E-state index contributed by atoms with van der Waals surface area (Å²) in [7, 11) is -3.53. The molecule has 0 aliphatic heterocycles. The van der Waals surface area contributed by atoms with E-state index in [4.69, 9.17) is 13.6 Å². The van der Waals surface area contributed by atoms with Gasteiger partial charge in [-0.15, -0.1) is 6.58 Å². The highest BCUT2D eigenvalue weighted by molar-refractivity contribution is 7.48. The van der Waals surface area contributed by atoms with Gasteiger partial charge in [0.1, 0.15) is 6.10 Å². The van der Waals surface area contributed by atoms with Crippen molar-refractivity contribution in [1.29, 1.82) is 0 Å². The van der Waals surface area contributed by atoms with Gasteiger partial charge < -0.3 is 0 Å². The Hall–Kier alpha value is -0.930. The van der Waals surface area contributed by atoms with Crippen LogP contribution in [0.15, 0.2) is 43.0 Å². The van der Waals surface area contributed by atoms with Crippen LogP contribution in [0.3, 0.4) is 0 Å². The summed E-state index contributed by atoms with van der Waals surface area (Å²) in [4.78, 5) is 0. The molecule has 5 heteroatoms. The van der Waals surface area contributed by atoms with E-state index in [1.54, 1.807) is 19.9 Å². The Morgan fingerprint density at radius 1 is 1.22 bits per heavy atom. The minimum absolute atomic E-state index is 0.260. The first-order valence-corrected chi connectivity index (χ1v) is 7.36. The summed E-state index contributed by atoms with van der Waals surface area (Å²) in [5, 5.41) is 0. The molecule has 100 valence electrons. The van der Waals surface area contributed by atoms with E-state index in [0.717, 1.165) is 5.56 Å². The fourth-order valence-corrected chi connectivity index (χ4v) is 2.75. The molecule has 1 aromatic rings. The van der Waals surface area contributed by atoms with E-state index >= 15 is 0 Å². The van der Waals surface area contributed by atoms with Gasteiger partial charge in [-0.1, -0.05) is 36.4 Å². The maximum absolute atomic E-state index is 12.2. The molecule has 0 saturated heterocycles. The SMILES string of the molecule is C=C[C@@H](OP(=O)(OCC)OCC)c1ccccc1. The zero-order valence-corrected chi connectivity index (χ0v) is 11.6. The van der Waals surface area contributed by atoms with Gasteiger partial charge >= 0.3 is 7.82 Å². The normalized spacial score (nSPS) is 13.2. The Balaban J connectivity index is 2.84. The predicted molar refractivity (Wildman–Crippen MR) is 71.3 cm³/mol. The first-order valence-electron chi connectivity index (χ1n) is 5.90. The fraction of sp³-hybridized carbons (Fsp3) is 0.385. The third-order valence-electron chi connectivity index (χ3n) is 2.16. The van der Waals surface area contributed by atoms with Crippen molar-refractivity contribution >= 4 is 7.82 Å². The molecule has 0 heterocycles. The zero-order valence-electron chi connectivity index (χ0n) is 10.7. The molecule has 1 rings (SSSR count). The number of hydrogen-bond acceptors (Lipinski definition) is 4. The van der Waals surface area contributed by atoms with Crippen molar-refractivity contribution in [2.75, 3.05) is 13.2 Å².